The monoisotopic (exact) mass is 434 g/mol. The molecule has 5 nitrogen and oxygen atoms in total. The highest BCUT2D eigenvalue weighted by Gasteiger charge is 2.30. The van der Waals surface area contributed by atoms with E-state index in [1.54, 1.807) is 35.2 Å². The molecule has 28 heavy (non-hydrogen) atoms. The molecule has 0 saturated carbocycles. The third kappa shape index (κ3) is 4.10. The van der Waals surface area contributed by atoms with Gasteiger partial charge in [0.25, 0.3) is 5.91 Å². The smallest absolute Gasteiger partial charge is 0.253 e. The van der Waals surface area contributed by atoms with Gasteiger partial charge in [-0.2, -0.15) is 4.31 Å². The molecule has 2 aliphatic rings. The summed E-state index contributed by atoms with van der Waals surface area (Å²) in [5, 5.41) is 0. The van der Waals surface area contributed by atoms with Gasteiger partial charge in [0.05, 0.1) is 9.48 Å². The molecule has 4 rings (SSSR count). The number of sulfonamides is 1. The van der Waals surface area contributed by atoms with Crippen LogP contribution < -0.4 is 0 Å². The summed E-state index contributed by atoms with van der Waals surface area (Å²) in [7, 11) is -3.50. The van der Waals surface area contributed by atoms with Gasteiger partial charge in [0.15, 0.2) is 0 Å². The van der Waals surface area contributed by atoms with E-state index in [4.69, 9.17) is 0 Å². The Morgan fingerprint density at radius 3 is 2.07 bits per heavy atom. The predicted octanol–water partition coefficient (Wildman–Crippen LogP) is 3.31. The first-order valence-corrected chi connectivity index (χ1v) is 12.8. The highest BCUT2D eigenvalue weighted by atomic mass is 32.2. The van der Waals surface area contributed by atoms with Crippen LogP contribution in [0.1, 0.15) is 20.5 Å². The molecule has 2 heterocycles. The van der Waals surface area contributed by atoms with Gasteiger partial charge in [0, 0.05) is 43.2 Å². The van der Waals surface area contributed by atoms with Gasteiger partial charge >= 0.3 is 0 Å². The lowest BCUT2D eigenvalue weighted by Crippen LogP contribution is -2.50. The lowest BCUT2D eigenvalue weighted by Gasteiger charge is -2.34. The maximum Gasteiger partial charge on any atom is 0.253 e. The Morgan fingerprint density at radius 2 is 1.46 bits per heavy atom. The second kappa shape index (κ2) is 8.49. The largest absolute Gasteiger partial charge is 0.336 e. The number of rotatable bonds is 4. The van der Waals surface area contributed by atoms with Gasteiger partial charge in [-0.25, -0.2) is 8.42 Å². The topological polar surface area (TPSA) is 57.7 Å². The van der Waals surface area contributed by atoms with Gasteiger partial charge < -0.3 is 4.90 Å². The molecule has 0 N–H and O–H groups in total. The Bertz CT molecular complexity index is 919. The summed E-state index contributed by atoms with van der Waals surface area (Å²) in [6.45, 7) is 1.44. The fourth-order valence-electron chi connectivity index (χ4n) is 3.39. The van der Waals surface area contributed by atoms with Crippen molar-refractivity contribution >= 4 is 39.5 Å². The maximum atomic E-state index is 12.8. The lowest BCUT2D eigenvalue weighted by molar-refractivity contribution is 0.0698. The third-order valence-electron chi connectivity index (χ3n) is 4.96. The average molecular weight is 435 g/mol. The second-order valence-corrected chi connectivity index (χ2v) is 11.4. The van der Waals surface area contributed by atoms with Crippen LogP contribution in [0.25, 0.3) is 0 Å². The SMILES string of the molecule is O=C(c1ccc(C2SCCS2)cc1)N1CCN(S(=O)(=O)c2ccccc2)CC1. The fraction of sp³-hybridized carbons (Fsp3) is 0.350. The third-order valence-corrected chi connectivity index (χ3v) is 9.98. The van der Waals surface area contributed by atoms with Crippen molar-refractivity contribution in [3.63, 3.8) is 0 Å². The first-order chi connectivity index (χ1) is 13.6. The summed E-state index contributed by atoms with van der Waals surface area (Å²) in [5.41, 5.74) is 1.92. The van der Waals surface area contributed by atoms with Crippen molar-refractivity contribution in [3.8, 4) is 0 Å². The molecule has 0 atom stereocenters. The standard InChI is InChI=1S/C20H22N2O3S3/c23-19(16-6-8-17(9-7-16)20-26-14-15-27-20)21-10-12-22(13-11-21)28(24,25)18-4-2-1-3-5-18/h1-9,20H,10-15H2. The maximum absolute atomic E-state index is 12.8. The van der Waals surface area contributed by atoms with Gasteiger partial charge in [-0.3, -0.25) is 4.79 Å². The Labute approximate surface area is 174 Å². The number of amides is 1. The summed E-state index contributed by atoms with van der Waals surface area (Å²) in [4.78, 5) is 14.8. The highest BCUT2D eigenvalue weighted by Crippen LogP contribution is 2.45. The van der Waals surface area contributed by atoms with Gasteiger partial charge in [-0.05, 0) is 29.8 Å². The molecule has 2 aromatic rings. The van der Waals surface area contributed by atoms with E-state index >= 15 is 0 Å². The van der Waals surface area contributed by atoms with Crippen molar-refractivity contribution in [2.24, 2.45) is 0 Å². The van der Waals surface area contributed by atoms with E-state index < -0.39 is 10.0 Å². The van der Waals surface area contributed by atoms with Crippen molar-refractivity contribution in [2.45, 2.75) is 9.48 Å². The molecule has 0 aliphatic carbocycles. The van der Waals surface area contributed by atoms with Crippen LogP contribution >= 0.6 is 23.5 Å². The average Bonchev–Trinajstić information content (AvgIpc) is 3.29. The molecule has 2 aliphatic heterocycles. The minimum Gasteiger partial charge on any atom is -0.336 e. The van der Waals surface area contributed by atoms with Crippen LogP contribution in [0.4, 0.5) is 0 Å². The van der Waals surface area contributed by atoms with Gasteiger partial charge in [0.2, 0.25) is 10.0 Å². The first kappa shape index (κ1) is 19.8. The molecule has 0 unspecified atom stereocenters. The van der Waals surface area contributed by atoms with E-state index in [1.165, 1.54) is 21.4 Å². The fourth-order valence-corrected chi connectivity index (χ4v) is 7.69. The van der Waals surface area contributed by atoms with Gasteiger partial charge in [-0.15, -0.1) is 23.5 Å². The molecule has 1 amide bonds. The molecule has 2 fully saturated rings. The zero-order valence-electron chi connectivity index (χ0n) is 15.4. The van der Waals surface area contributed by atoms with Crippen LogP contribution in [0.3, 0.4) is 0 Å². The van der Waals surface area contributed by atoms with Crippen LogP contribution in [0.15, 0.2) is 59.5 Å². The number of hydrogen-bond acceptors (Lipinski definition) is 5. The van der Waals surface area contributed by atoms with Crippen molar-refractivity contribution in [3.05, 3.63) is 65.7 Å². The Kier molecular flexibility index (Phi) is 6.01. The van der Waals surface area contributed by atoms with Gasteiger partial charge in [0.1, 0.15) is 0 Å². The predicted molar refractivity (Wildman–Crippen MR) is 115 cm³/mol. The molecule has 0 radical (unpaired) electrons. The summed E-state index contributed by atoms with van der Waals surface area (Å²) >= 11 is 3.89. The zero-order valence-corrected chi connectivity index (χ0v) is 17.8. The van der Waals surface area contributed by atoms with Crippen molar-refractivity contribution in [1.82, 2.24) is 9.21 Å². The molecular weight excluding hydrogens is 412 g/mol. The minimum atomic E-state index is -3.50. The van der Waals surface area contributed by atoms with Crippen molar-refractivity contribution in [2.75, 3.05) is 37.7 Å². The highest BCUT2D eigenvalue weighted by molar-refractivity contribution is 8.19. The second-order valence-electron chi connectivity index (χ2n) is 6.70. The number of carbonyl (C=O) groups excluding carboxylic acids is 1. The van der Waals surface area contributed by atoms with E-state index in [1.807, 2.05) is 47.8 Å². The molecule has 0 spiro atoms. The van der Waals surface area contributed by atoms with E-state index in [-0.39, 0.29) is 5.91 Å². The lowest BCUT2D eigenvalue weighted by atomic mass is 10.1. The number of piperazine rings is 1. The Morgan fingerprint density at radius 1 is 0.857 bits per heavy atom. The normalized spacial score (nSPS) is 19.1. The molecule has 2 aromatic carbocycles. The minimum absolute atomic E-state index is 0.0324. The van der Waals surface area contributed by atoms with Crippen LogP contribution in [0.5, 0.6) is 0 Å². The van der Waals surface area contributed by atoms with E-state index in [9.17, 15) is 13.2 Å². The Balaban J connectivity index is 1.39. The van der Waals surface area contributed by atoms with Crippen molar-refractivity contribution in [1.29, 1.82) is 0 Å². The molecule has 8 heteroatoms. The van der Waals surface area contributed by atoms with E-state index in [0.717, 1.165) is 0 Å². The number of hydrogen-bond donors (Lipinski definition) is 0. The van der Waals surface area contributed by atoms with Crippen molar-refractivity contribution < 1.29 is 13.2 Å². The van der Waals surface area contributed by atoms with Crippen LogP contribution in [-0.4, -0.2) is 61.2 Å². The molecular formula is C20H22N2O3S3. The van der Waals surface area contributed by atoms with Crippen LogP contribution in [0, 0.1) is 0 Å². The summed E-state index contributed by atoms with van der Waals surface area (Å²) in [6.07, 6.45) is 0. The number of nitrogens with zero attached hydrogens (tertiary/aromatic N) is 2. The number of thioether (sulfide) groups is 2. The van der Waals surface area contributed by atoms with E-state index in [2.05, 4.69) is 0 Å². The summed E-state index contributed by atoms with van der Waals surface area (Å²) < 4.78 is 27.4. The quantitative estimate of drug-likeness (QED) is 0.739. The number of carbonyl (C=O) groups is 1. The zero-order chi connectivity index (χ0) is 19.6. The Hall–Kier alpha value is -1.48. The van der Waals surface area contributed by atoms with Crippen LogP contribution in [-0.2, 0) is 10.0 Å². The summed E-state index contributed by atoms with van der Waals surface area (Å²) in [6, 6.07) is 16.3. The van der Waals surface area contributed by atoms with E-state index in [0.29, 0.717) is 41.2 Å². The molecule has 148 valence electrons. The molecule has 0 aromatic heterocycles. The van der Waals surface area contributed by atoms with Crippen LogP contribution in [0.2, 0.25) is 0 Å². The molecule has 0 bridgehead atoms. The number of benzene rings is 2. The van der Waals surface area contributed by atoms with Gasteiger partial charge in [-0.1, -0.05) is 30.3 Å². The molecule has 2 saturated heterocycles. The first-order valence-electron chi connectivity index (χ1n) is 9.23. The summed E-state index contributed by atoms with van der Waals surface area (Å²) in [5.74, 6) is 2.31.